The Balaban J connectivity index is 1.93. The summed E-state index contributed by atoms with van der Waals surface area (Å²) >= 11 is 0. The van der Waals surface area contributed by atoms with Gasteiger partial charge in [0, 0.05) is 35.5 Å². The van der Waals surface area contributed by atoms with Gasteiger partial charge in [0.05, 0.1) is 0 Å². The number of nitrogens with zero attached hydrogens (tertiary/aromatic N) is 2. The van der Waals surface area contributed by atoms with Gasteiger partial charge in [0.15, 0.2) is 0 Å². The van der Waals surface area contributed by atoms with Crippen LogP contribution in [0.2, 0.25) is 0 Å². The van der Waals surface area contributed by atoms with E-state index >= 15 is 0 Å². The van der Waals surface area contributed by atoms with Crippen LogP contribution in [0.1, 0.15) is 21.6 Å². The molecule has 1 N–H and O–H groups in total. The molecule has 0 fully saturated rings. The standard InChI is InChI=1S/C20H11F2N3O/c21-13-2-4-15(19(22)7-13)12-5-16(11-1-3-14(8-23)24-9-11)18-10-25-20(26)17(18)6-12/h1-7,9H,10H2,(H,25,26). The van der Waals surface area contributed by atoms with Crippen molar-refractivity contribution in [2.75, 3.05) is 0 Å². The molecule has 1 amide bonds. The lowest BCUT2D eigenvalue weighted by Crippen LogP contribution is -2.12. The molecule has 3 aromatic rings. The summed E-state index contributed by atoms with van der Waals surface area (Å²) in [6.07, 6.45) is 1.54. The number of carbonyl (C=O) groups is 1. The molecule has 0 atom stereocenters. The van der Waals surface area contributed by atoms with Gasteiger partial charge >= 0.3 is 0 Å². The highest BCUT2D eigenvalue weighted by Crippen LogP contribution is 2.35. The van der Waals surface area contributed by atoms with Gasteiger partial charge in [0.25, 0.3) is 5.91 Å². The van der Waals surface area contributed by atoms with E-state index in [0.29, 0.717) is 23.2 Å². The first-order chi connectivity index (χ1) is 12.6. The fourth-order valence-corrected chi connectivity index (χ4v) is 3.08. The summed E-state index contributed by atoms with van der Waals surface area (Å²) in [5.41, 5.74) is 3.62. The first kappa shape index (κ1) is 15.9. The van der Waals surface area contributed by atoms with Crippen LogP contribution in [-0.2, 0) is 6.54 Å². The summed E-state index contributed by atoms with van der Waals surface area (Å²) in [5.74, 6) is -1.61. The minimum absolute atomic E-state index is 0.205. The van der Waals surface area contributed by atoms with Crippen molar-refractivity contribution in [3.8, 4) is 28.3 Å². The largest absolute Gasteiger partial charge is 0.348 e. The Morgan fingerprint density at radius 2 is 1.81 bits per heavy atom. The van der Waals surface area contributed by atoms with Crippen molar-refractivity contribution >= 4 is 5.91 Å². The second-order valence-corrected chi connectivity index (χ2v) is 5.90. The number of fused-ring (bicyclic) bond motifs is 1. The Morgan fingerprint density at radius 1 is 1.00 bits per heavy atom. The number of hydrogen-bond donors (Lipinski definition) is 1. The van der Waals surface area contributed by atoms with E-state index in [9.17, 15) is 13.6 Å². The molecule has 6 heteroatoms. The van der Waals surface area contributed by atoms with E-state index in [1.165, 1.54) is 12.1 Å². The Morgan fingerprint density at radius 3 is 2.50 bits per heavy atom. The zero-order valence-corrected chi connectivity index (χ0v) is 13.4. The average Bonchev–Trinajstić information content (AvgIpc) is 3.02. The van der Waals surface area contributed by atoms with E-state index in [1.54, 1.807) is 30.5 Å². The molecule has 0 unspecified atom stereocenters. The highest BCUT2D eigenvalue weighted by atomic mass is 19.1. The van der Waals surface area contributed by atoms with Gasteiger partial charge in [-0.05, 0) is 53.1 Å². The number of carbonyl (C=O) groups excluding carboxylic acids is 1. The maximum atomic E-state index is 14.2. The molecule has 0 saturated carbocycles. The molecule has 26 heavy (non-hydrogen) atoms. The highest BCUT2D eigenvalue weighted by Gasteiger charge is 2.24. The molecule has 1 aliphatic heterocycles. The van der Waals surface area contributed by atoms with E-state index in [4.69, 9.17) is 5.26 Å². The second-order valence-electron chi connectivity index (χ2n) is 5.90. The maximum Gasteiger partial charge on any atom is 0.251 e. The minimum atomic E-state index is -0.702. The summed E-state index contributed by atoms with van der Waals surface area (Å²) in [6.45, 7) is 0.357. The van der Waals surface area contributed by atoms with E-state index < -0.39 is 11.6 Å². The Bertz CT molecular complexity index is 1090. The molecule has 1 aromatic heterocycles. The van der Waals surface area contributed by atoms with E-state index in [0.717, 1.165) is 17.2 Å². The Labute approximate surface area is 147 Å². The molecule has 2 aromatic carbocycles. The van der Waals surface area contributed by atoms with Crippen LogP contribution in [0.5, 0.6) is 0 Å². The maximum absolute atomic E-state index is 14.2. The van der Waals surface area contributed by atoms with Crippen molar-refractivity contribution in [3.05, 3.63) is 77.1 Å². The number of pyridine rings is 1. The second kappa shape index (κ2) is 6.05. The highest BCUT2D eigenvalue weighted by molar-refractivity contribution is 6.02. The van der Waals surface area contributed by atoms with Gasteiger partial charge in [0.1, 0.15) is 23.4 Å². The van der Waals surface area contributed by atoms with Gasteiger partial charge in [-0.25, -0.2) is 13.8 Å². The third-order valence-electron chi connectivity index (χ3n) is 4.35. The number of amides is 1. The summed E-state index contributed by atoms with van der Waals surface area (Å²) in [5, 5.41) is 11.6. The molecule has 0 spiro atoms. The molecule has 126 valence electrons. The van der Waals surface area contributed by atoms with Gasteiger partial charge < -0.3 is 5.32 Å². The van der Waals surface area contributed by atoms with Crippen LogP contribution in [0.15, 0.2) is 48.7 Å². The fraction of sp³-hybridized carbons (Fsp3) is 0.0500. The van der Waals surface area contributed by atoms with Crippen LogP contribution < -0.4 is 5.32 Å². The monoisotopic (exact) mass is 347 g/mol. The van der Waals surface area contributed by atoms with Crippen molar-refractivity contribution in [3.63, 3.8) is 0 Å². The number of hydrogen-bond acceptors (Lipinski definition) is 3. The van der Waals surface area contributed by atoms with Crippen molar-refractivity contribution < 1.29 is 13.6 Å². The van der Waals surface area contributed by atoms with Gasteiger partial charge in [-0.2, -0.15) is 5.26 Å². The number of halogens is 2. The van der Waals surface area contributed by atoms with Crippen LogP contribution in [0.4, 0.5) is 8.78 Å². The quantitative estimate of drug-likeness (QED) is 0.767. The SMILES string of the molecule is N#Cc1ccc(-c2cc(-c3ccc(F)cc3F)cc3c2CNC3=O)cn1. The lowest BCUT2D eigenvalue weighted by atomic mass is 9.92. The van der Waals surface area contributed by atoms with E-state index in [2.05, 4.69) is 10.3 Å². The first-order valence-electron chi connectivity index (χ1n) is 7.84. The van der Waals surface area contributed by atoms with Crippen LogP contribution in [0.3, 0.4) is 0 Å². The number of benzene rings is 2. The third kappa shape index (κ3) is 2.60. The van der Waals surface area contributed by atoms with Gasteiger partial charge in [0.2, 0.25) is 0 Å². The summed E-state index contributed by atoms with van der Waals surface area (Å²) in [4.78, 5) is 16.2. The summed E-state index contributed by atoms with van der Waals surface area (Å²) in [6, 6.07) is 12.0. The van der Waals surface area contributed by atoms with Crippen molar-refractivity contribution in [1.29, 1.82) is 5.26 Å². The summed E-state index contributed by atoms with van der Waals surface area (Å²) in [7, 11) is 0. The van der Waals surface area contributed by atoms with Crippen LogP contribution >= 0.6 is 0 Å². The number of rotatable bonds is 2. The molecule has 0 saturated heterocycles. The molecule has 4 nitrogen and oxygen atoms in total. The topological polar surface area (TPSA) is 65.8 Å². The van der Waals surface area contributed by atoms with E-state index in [1.807, 2.05) is 6.07 Å². The Kier molecular flexibility index (Phi) is 3.70. The third-order valence-corrected chi connectivity index (χ3v) is 4.35. The molecule has 2 heterocycles. The van der Waals surface area contributed by atoms with Crippen LogP contribution in [0.25, 0.3) is 22.3 Å². The number of nitrogens with one attached hydrogen (secondary N) is 1. The van der Waals surface area contributed by atoms with E-state index in [-0.39, 0.29) is 17.2 Å². The smallest absolute Gasteiger partial charge is 0.251 e. The average molecular weight is 347 g/mol. The molecule has 1 aliphatic rings. The number of nitriles is 1. The molecule has 4 rings (SSSR count). The van der Waals surface area contributed by atoms with Crippen molar-refractivity contribution in [1.82, 2.24) is 10.3 Å². The van der Waals surface area contributed by atoms with Crippen LogP contribution in [-0.4, -0.2) is 10.9 Å². The first-order valence-corrected chi connectivity index (χ1v) is 7.84. The predicted octanol–water partition coefficient (Wildman–Crippen LogP) is 3.81. The summed E-state index contributed by atoms with van der Waals surface area (Å²) < 4.78 is 27.5. The lowest BCUT2D eigenvalue weighted by Gasteiger charge is -2.12. The molecular formula is C20H11F2N3O. The molecule has 0 radical (unpaired) electrons. The predicted molar refractivity (Wildman–Crippen MR) is 90.9 cm³/mol. The normalized spacial score (nSPS) is 12.4. The molecule has 0 bridgehead atoms. The minimum Gasteiger partial charge on any atom is -0.348 e. The van der Waals surface area contributed by atoms with Gasteiger partial charge in [-0.3, -0.25) is 4.79 Å². The molecular weight excluding hydrogens is 336 g/mol. The van der Waals surface area contributed by atoms with Crippen molar-refractivity contribution in [2.45, 2.75) is 6.54 Å². The Hall–Kier alpha value is -3.59. The zero-order chi connectivity index (χ0) is 18.3. The van der Waals surface area contributed by atoms with Gasteiger partial charge in [-0.1, -0.05) is 0 Å². The number of aromatic nitrogens is 1. The fourth-order valence-electron chi connectivity index (χ4n) is 3.08. The van der Waals surface area contributed by atoms with Crippen molar-refractivity contribution in [2.24, 2.45) is 0 Å². The lowest BCUT2D eigenvalue weighted by molar-refractivity contribution is 0.0966. The van der Waals surface area contributed by atoms with Crippen LogP contribution in [0, 0.1) is 23.0 Å². The molecule has 0 aliphatic carbocycles. The zero-order valence-electron chi connectivity index (χ0n) is 13.4. The van der Waals surface area contributed by atoms with Gasteiger partial charge in [-0.15, -0.1) is 0 Å².